The van der Waals surface area contributed by atoms with Gasteiger partial charge in [0.1, 0.15) is 5.76 Å². The number of likely N-dealkylation sites (N-methyl/N-ethyl adjacent to an activating group) is 1. The van der Waals surface area contributed by atoms with Gasteiger partial charge >= 0.3 is 0 Å². The first kappa shape index (κ1) is 19.7. The van der Waals surface area contributed by atoms with Gasteiger partial charge in [-0.2, -0.15) is 0 Å². The minimum absolute atomic E-state index is 0.0182. The molecule has 0 aliphatic carbocycles. The van der Waals surface area contributed by atoms with E-state index in [-0.39, 0.29) is 5.91 Å². The lowest BCUT2D eigenvalue weighted by molar-refractivity contribution is -0.125. The second kappa shape index (κ2) is 9.77. The van der Waals surface area contributed by atoms with Gasteiger partial charge in [-0.05, 0) is 67.6 Å². The van der Waals surface area contributed by atoms with E-state index in [0.717, 1.165) is 37.6 Å². The molecular weight excluding hydrogens is 360 g/mol. The van der Waals surface area contributed by atoms with Crippen LogP contribution in [0.4, 0.5) is 0 Å². The smallest absolute Gasteiger partial charge is 0.246 e. The molecule has 1 aliphatic heterocycles. The van der Waals surface area contributed by atoms with Crippen molar-refractivity contribution < 1.29 is 9.21 Å². The van der Waals surface area contributed by atoms with E-state index in [0.29, 0.717) is 11.7 Å². The van der Waals surface area contributed by atoms with Crippen LogP contribution < -0.4 is 0 Å². The monoisotopic (exact) mass is 386 g/mol. The van der Waals surface area contributed by atoms with Crippen LogP contribution in [0.25, 0.3) is 6.08 Å². The van der Waals surface area contributed by atoms with Crippen molar-refractivity contribution in [2.24, 2.45) is 5.92 Å². The van der Waals surface area contributed by atoms with E-state index < -0.39 is 0 Å². The molecule has 5 heteroatoms. The predicted molar refractivity (Wildman–Crippen MR) is 110 cm³/mol. The molecule has 3 rings (SSSR count). The van der Waals surface area contributed by atoms with Crippen LogP contribution >= 0.6 is 11.6 Å². The van der Waals surface area contributed by atoms with E-state index in [4.69, 9.17) is 16.0 Å². The first-order valence-electron chi connectivity index (χ1n) is 9.53. The normalized spacial score (nSPS) is 18.1. The molecule has 1 fully saturated rings. The van der Waals surface area contributed by atoms with Gasteiger partial charge in [0, 0.05) is 37.8 Å². The number of nitrogens with zero attached hydrogens (tertiary/aromatic N) is 2. The summed E-state index contributed by atoms with van der Waals surface area (Å²) in [5.74, 6) is 1.24. The van der Waals surface area contributed by atoms with Gasteiger partial charge in [-0.1, -0.05) is 23.7 Å². The van der Waals surface area contributed by atoms with E-state index in [1.807, 2.05) is 36.2 Å². The Morgan fingerprint density at radius 3 is 2.89 bits per heavy atom. The molecule has 0 N–H and O–H groups in total. The zero-order valence-electron chi connectivity index (χ0n) is 15.8. The van der Waals surface area contributed by atoms with E-state index in [1.165, 1.54) is 18.4 Å². The summed E-state index contributed by atoms with van der Waals surface area (Å²) in [7, 11) is 1.88. The number of furan rings is 1. The van der Waals surface area contributed by atoms with Crippen molar-refractivity contribution >= 4 is 23.6 Å². The fraction of sp³-hybridized carbons (Fsp3) is 0.409. The maximum absolute atomic E-state index is 12.3. The van der Waals surface area contributed by atoms with Crippen LogP contribution in [0.15, 0.2) is 53.2 Å². The molecule has 1 atom stereocenters. The van der Waals surface area contributed by atoms with Crippen molar-refractivity contribution in [2.45, 2.75) is 19.3 Å². The van der Waals surface area contributed by atoms with Crippen LogP contribution in [0, 0.1) is 5.92 Å². The lowest BCUT2D eigenvalue weighted by Crippen LogP contribution is -2.42. The van der Waals surface area contributed by atoms with E-state index in [1.54, 1.807) is 18.4 Å². The van der Waals surface area contributed by atoms with Crippen LogP contribution in [-0.2, 0) is 11.2 Å². The lowest BCUT2D eigenvalue weighted by Gasteiger charge is -2.34. The van der Waals surface area contributed by atoms with Gasteiger partial charge in [0.25, 0.3) is 0 Å². The van der Waals surface area contributed by atoms with Gasteiger partial charge in [-0.15, -0.1) is 0 Å². The third kappa shape index (κ3) is 6.26. The Labute approximate surface area is 166 Å². The highest BCUT2D eigenvalue weighted by Gasteiger charge is 2.22. The van der Waals surface area contributed by atoms with Gasteiger partial charge in [0.05, 0.1) is 6.26 Å². The number of halogens is 1. The molecule has 0 radical (unpaired) electrons. The fourth-order valence-corrected chi connectivity index (χ4v) is 3.71. The summed E-state index contributed by atoms with van der Waals surface area (Å²) in [5, 5.41) is 0.783. The number of piperidine rings is 1. The molecule has 2 heterocycles. The van der Waals surface area contributed by atoms with Crippen LogP contribution in [0.1, 0.15) is 24.2 Å². The second-order valence-electron chi connectivity index (χ2n) is 7.25. The number of likely N-dealkylation sites (tertiary alicyclic amines) is 1. The summed E-state index contributed by atoms with van der Waals surface area (Å²) in [4.78, 5) is 16.6. The minimum atomic E-state index is 0.0182. The van der Waals surface area contributed by atoms with E-state index in [9.17, 15) is 4.79 Å². The number of rotatable bonds is 7. The number of hydrogen-bond acceptors (Lipinski definition) is 3. The quantitative estimate of drug-likeness (QED) is 0.663. The molecular formula is C22H27ClN2O2. The van der Waals surface area contributed by atoms with Gasteiger partial charge in [0.15, 0.2) is 0 Å². The minimum Gasteiger partial charge on any atom is -0.465 e. The van der Waals surface area contributed by atoms with Gasteiger partial charge in [-0.25, -0.2) is 0 Å². The molecule has 1 aromatic carbocycles. The van der Waals surface area contributed by atoms with E-state index >= 15 is 0 Å². The average Bonchev–Trinajstić information content (AvgIpc) is 3.19. The average molecular weight is 387 g/mol. The Hall–Kier alpha value is -2.04. The lowest BCUT2D eigenvalue weighted by atomic mass is 9.97. The molecule has 1 aromatic heterocycles. The maximum Gasteiger partial charge on any atom is 0.246 e. The molecule has 144 valence electrons. The number of benzene rings is 1. The highest BCUT2D eigenvalue weighted by atomic mass is 35.5. The standard InChI is InChI=1S/C22H27ClN2O2/c1-24(22(26)11-10-21-5-3-15-27-21)16-19-4-2-13-25(17-19)14-12-18-6-8-20(23)9-7-18/h3,5-11,15,19H,2,4,12-14,16-17H2,1H3/b11-10+/t19-/m0/s1. The van der Waals surface area contributed by atoms with Crippen LogP contribution in [0.5, 0.6) is 0 Å². The topological polar surface area (TPSA) is 36.7 Å². The van der Waals surface area contributed by atoms with Gasteiger partial charge < -0.3 is 14.2 Å². The molecule has 4 nitrogen and oxygen atoms in total. The summed E-state index contributed by atoms with van der Waals surface area (Å²) in [6.07, 6.45) is 8.31. The summed E-state index contributed by atoms with van der Waals surface area (Å²) in [6, 6.07) is 11.8. The molecule has 27 heavy (non-hydrogen) atoms. The molecule has 1 amide bonds. The molecule has 0 saturated carbocycles. The zero-order valence-corrected chi connectivity index (χ0v) is 16.6. The highest BCUT2D eigenvalue weighted by Crippen LogP contribution is 2.18. The number of hydrogen-bond donors (Lipinski definition) is 0. The zero-order chi connectivity index (χ0) is 19.1. The summed E-state index contributed by atoms with van der Waals surface area (Å²) in [5.41, 5.74) is 1.32. The Morgan fingerprint density at radius 2 is 2.15 bits per heavy atom. The van der Waals surface area contributed by atoms with Crippen molar-refractivity contribution in [1.82, 2.24) is 9.80 Å². The van der Waals surface area contributed by atoms with Gasteiger partial charge in [0.2, 0.25) is 5.91 Å². The van der Waals surface area contributed by atoms with Crippen molar-refractivity contribution in [2.75, 3.05) is 33.2 Å². The Balaban J connectivity index is 1.44. The molecule has 0 spiro atoms. The first-order chi connectivity index (χ1) is 13.1. The van der Waals surface area contributed by atoms with Crippen molar-refractivity contribution in [3.63, 3.8) is 0 Å². The summed E-state index contributed by atoms with van der Waals surface area (Å²) in [6.45, 7) is 4.03. The first-order valence-corrected chi connectivity index (χ1v) is 9.91. The second-order valence-corrected chi connectivity index (χ2v) is 7.69. The van der Waals surface area contributed by atoms with Crippen molar-refractivity contribution in [1.29, 1.82) is 0 Å². The number of amides is 1. The Kier molecular flexibility index (Phi) is 7.13. The van der Waals surface area contributed by atoms with Crippen LogP contribution in [0.3, 0.4) is 0 Å². The number of carbonyl (C=O) groups is 1. The SMILES string of the molecule is CN(C[C@@H]1CCCN(CCc2ccc(Cl)cc2)C1)C(=O)/C=C/c1ccco1. The number of carbonyl (C=O) groups excluding carboxylic acids is 1. The Bertz CT molecular complexity index is 740. The molecule has 1 saturated heterocycles. The van der Waals surface area contributed by atoms with Crippen molar-refractivity contribution in [3.8, 4) is 0 Å². The van der Waals surface area contributed by atoms with Crippen LogP contribution in [0.2, 0.25) is 5.02 Å². The third-order valence-corrected chi connectivity index (χ3v) is 5.33. The fourth-order valence-electron chi connectivity index (χ4n) is 3.59. The maximum atomic E-state index is 12.3. The Morgan fingerprint density at radius 1 is 1.33 bits per heavy atom. The molecule has 2 aromatic rings. The summed E-state index contributed by atoms with van der Waals surface area (Å²) >= 11 is 5.95. The summed E-state index contributed by atoms with van der Waals surface area (Å²) < 4.78 is 5.23. The van der Waals surface area contributed by atoms with E-state index in [2.05, 4.69) is 17.0 Å². The van der Waals surface area contributed by atoms with Crippen LogP contribution in [-0.4, -0.2) is 48.9 Å². The predicted octanol–water partition coefficient (Wildman–Crippen LogP) is 4.36. The molecule has 0 bridgehead atoms. The van der Waals surface area contributed by atoms with Crippen molar-refractivity contribution in [3.05, 3.63) is 65.1 Å². The largest absolute Gasteiger partial charge is 0.465 e. The highest BCUT2D eigenvalue weighted by molar-refractivity contribution is 6.30. The van der Waals surface area contributed by atoms with Gasteiger partial charge in [-0.3, -0.25) is 4.79 Å². The molecule has 0 unspecified atom stereocenters. The molecule has 1 aliphatic rings. The third-order valence-electron chi connectivity index (χ3n) is 5.07.